The maximum atomic E-state index is 5.34. The average molecular weight is 134 g/mol. The van der Waals surface area contributed by atoms with Gasteiger partial charge in [0.1, 0.15) is 18.0 Å². The number of aromatic nitrogens is 4. The van der Waals surface area contributed by atoms with Crippen LogP contribution in [0.2, 0.25) is 0 Å². The zero-order chi connectivity index (χ0) is 6.97. The zero-order valence-corrected chi connectivity index (χ0v) is 5.00. The average Bonchev–Trinajstić information content (AvgIpc) is 2.27. The summed E-state index contributed by atoms with van der Waals surface area (Å²) in [4.78, 5) is 14.1. The second-order valence-electron chi connectivity index (χ2n) is 1.81. The topological polar surface area (TPSA) is 80.5 Å². The Labute approximate surface area is 56.3 Å². The first kappa shape index (κ1) is 5.16. The van der Waals surface area contributed by atoms with Crippen LogP contribution in [-0.4, -0.2) is 19.9 Å². The summed E-state index contributed by atoms with van der Waals surface area (Å²) >= 11 is 0. The number of anilines is 1. The van der Waals surface area contributed by atoms with Gasteiger partial charge in [-0.25, -0.2) is 9.97 Å². The number of nitrogens with zero attached hydrogens (tertiary/aromatic N) is 3. The summed E-state index contributed by atoms with van der Waals surface area (Å²) in [6.45, 7) is 0. The van der Waals surface area contributed by atoms with E-state index >= 15 is 0 Å². The van der Waals surface area contributed by atoms with Crippen molar-refractivity contribution in [3.8, 4) is 0 Å². The van der Waals surface area contributed by atoms with Gasteiger partial charge >= 0.3 is 0 Å². The molecular weight excluding hydrogens is 130 g/mol. The van der Waals surface area contributed by atoms with E-state index in [1.165, 1.54) is 6.33 Å². The molecule has 5 nitrogen and oxygen atoms in total. The van der Waals surface area contributed by atoms with Crippen LogP contribution in [-0.2, 0) is 0 Å². The molecule has 0 aliphatic heterocycles. The Morgan fingerprint density at radius 1 is 1.60 bits per heavy atom. The van der Waals surface area contributed by atoms with Crippen molar-refractivity contribution in [2.45, 2.75) is 0 Å². The van der Waals surface area contributed by atoms with Crippen LogP contribution in [0, 0.1) is 6.20 Å². The molecule has 0 spiro atoms. The van der Waals surface area contributed by atoms with Gasteiger partial charge in [0, 0.05) is 0 Å². The zero-order valence-electron chi connectivity index (χ0n) is 5.00. The van der Waals surface area contributed by atoms with Gasteiger partial charge in [0.2, 0.25) is 0 Å². The van der Waals surface area contributed by atoms with Crippen molar-refractivity contribution < 1.29 is 0 Å². The van der Waals surface area contributed by atoms with Crippen molar-refractivity contribution in [2.75, 3.05) is 5.73 Å². The highest BCUT2D eigenvalue weighted by Gasteiger charge is 1.97. The molecule has 0 saturated heterocycles. The van der Waals surface area contributed by atoms with E-state index in [1.807, 2.05) is 0 Å². The number of aromatic amines is 1. The molecule has 10 heavy (non-hydrogen) atoms. The molecule has 49 valence electrons. The van der Waals surface area contributed by atoms with E-state index in [0.29, 0.717) is 17.1 Å². The van der Waals surface area contributed by atoms with Crippen LogP contribution in [0.5, 0.6) is 0 Å². The highest BCUT2D eigenvalue weighted by Crippen LogP contribution is 2.04. The molecule has 0 aliphatic carbocycles. The van der Waals surface area contributed by atoms with Crippen molar-refractivity contribution in [3.05, 3.63) is 12.5 Å². The minimum absolute atomic E-state index is 0.340. The third-order valence-corrected chi connectivity index (χ3v) is 1.12. The van der Waals surface area contributed by atoms with Crippen LogP contribution in [0.3, 0.4) is 0 Å². The lowest BCUT2D eigenvalue weighted by atomic mass is 10.6. The highest BCUT2D eigenvalue weighted by molar-refractivity contribution is 5.70. The molecule has 3 N–H and O–H groups in total. The first-order valence-electron chi connectivity index (χ1n) is 2.70. The predicted octanol–water partition coefficient (Wildman–Crippen LogP) is -0.265. The minimum atomic E-state index is 0.340. The van der Waals surface area contributed by atoms with Crippen LogP contribution in [0.4, 0.5) is 5.95 Å². The summed E-state index contributed by atoms with van der Waals surface area (Å²) in [7, 11) is 0. The number of nitrogen functional groups attached to an aromatic ring is 1. The van der Waals surface area contributed by atoms with E-state index < -0.39 is 0 Å². The molecule has 0 aromatic carbocycles. The van der Waals surface area contributed by atoms with E-state index in [2.05, 4.69) is 26.1 Å². The second-order valence-corrected chi connectivity index (χ2v) is 1.81. The SMILES string of the molecule is Nc1nc2ncn[c]c2[nH]1. The van der Waals surface area contributed by atoms with Crippen molar-refractivity contribution >= 4 is 17.1 Å². The smallest absolute Gasteiger partial charge is 0.200 e. The Balaban J connectivity index is 2.88. The van der Waals surface area contributed by atoms with Gasteiger partial charge < -0.3 is 10.7 Å². The molecule has 2 aromatic heterocycles. The fourth-order valence-electron chi connectivity index (χ4n) is 0.730. The van der Waals surface area contributed by atoms with Crippen molar-refractivity contribution in [3.63, 3.8) is 0 Å². The molecule has 0 amide bonds. The summed E-state index contributed by atoms with van der Waals surface area (Å²) < 4.78 is 0. The molecule has 2 heterocycles. The number of hydrogen-bond donors (Lipinski definition) is 2. The number of H-pyrrole nitrogens is 1. The van der Waals surface area contributed by atoms with Gasteiger partial charge in [-0.1, -0.05) is 0 Å². The van der Waals surface area contributed by atoms with Crippen LogP contribution < -0.4 is 5.73 Å². The van der Waals surface area contributed by atoms with Crippen LogP contribution in [0.25, 0.3) is 11.2 Å². The van der Waals surface area contributed by atoms with Crippen molar-refractivity contribution in [1.29, 1.82) is 0 Å². The number of hydrogen-bond acceptors (Lipinski definition) is 4. The number of nitrogens with one attached hydrogen (secondary N) is 1. The molecule has 2 rings (SSSR count). The summed E-state index contributed by atoms with van der Waals surface area (Å²) in [5, 5.41) is 0. The maximum Gasteiger partial charge on any atom is 0.200 e. The Morgan fingerprint density at radius 3 is 3.30 bits per heavy atom. The van der Waals surface area contributed by atoms with Crippen molar-refractivity contribution in [1.82, 2.24) is 19.9 Å². The second kappa shape index (κ2) is 1.66. The monoisotopic (exact) mass is 134 g/mol. The summed E-state index contributed by atoms with van der Waals surface area (Å²) in [5.74, 6) is 0.340. The standard InChI is InChI=1S/C5H4N5/c6-5-9-3-1-7-2-8-4(3)10-5/h2H,(H3,6,7,8,9,10). The van der Waals surface area contributed by atoms with E-state index in [-0.39, 0.29) is 0 Å². The molecule has 0 saturated carbocycles. The molecule has 0 fully saturated rings. The summed E-state index contributed by atoms with van der Waals surface area (Å²) in [5.41, 5.74) is 6.52. The van der Waals surface area contributed by atoms with Gasteiger partial charge in [0.15, 0.2) is 11.6 Å². The summed E-state index contributed by atoms with van der Waals surface area (Å²) in [6, 6.07) is 0. The van der Waals surface area contributed by atoms with Gasteiger partial charge in [-0.2, -0.15) is 4.98 Å². The van der Waals surface area contributed by atoms with E-state index in [1.54, 1.807) is 0 Å². The lowest BCUT2D eigenvalue weighted by Gasteiger charge is -1.78. The lowest BCUT2D eigenvalue weighted by Crippen LogP contribution is -1.84. The molecule has 0 aliphatic rings. The first-order chi connectivity index (χ1) is 4.86. The molecule has 2 aromatic rings. The first-order valence-corrected chi connectivity index (χ1v) is 2.70. The fraction of sp³-hybridized carbons (Fsp3) is 0. The molecule has 0 atom stereocenters. The van der Waals surface area contributed by atoms with Gasteiger partial charge in [-0.15, -0.1) is 0 Å². The van der Waals surface area contributed by atoms with E-state index in [4.69, 9.17) is 5.73 Å². The van der Waals surface area contributed by atoms with Gasteiger partial charge in [-0.05, 0) is 0 Å². The third-order valence-electron chi connectivity index (χ3n) is 1.12. The number of fused-ring (bicyclic) bond motifs is 1. The quantitative estimate of drug-likeness (QED) is 0.520. The molecule has 0 unspecified atom stereocenters. The number of imidazole rings is 1. The molecule has 5 heteroatoms. The largest absolute Gasteiger partial charge is 0.369 e. The predicted molar refractivity (Wildman–Crippen MR) is 34.9 cm³/mol. The highest BCUT2D eigenvalue weighted by atomic mass is 15.1. The fourth-order valence-corrected chi connectivity index (χ4v) is 0.730. The maximum absolute atomic E-state index is 5.34. The molecular formula is C5H4N5. The van der Waals surface area contributed by atoms with Crippen LogP contribution in [0.15, 0.2) is 6.33 Å². The Kier molecular flexibility index (Phi) is 0.858. The minimum Gasteiger partial charge on any atom is -0.369 e. The Morgan fingerprint density at radius 2 is 2.50 bits per heavy atom. The van der Waals surface area contributed by atoms with Gasteiger partial charge in [0.05, 0.1) is 0 Å². The van der Waals surface area contributed by atoms with Gasteiger partial charge in [0.25, 0.3) is 0 Å². The normalized spacial score (nSPS) is 10.4. The Hall–Kier alpha value is -1.65. The molecule has 1 radical (unpaired) electrons. The number of rotatable bonds is 0. The number of nitrogens with two attached hydrogens (primary N) is 1. The van der Waals surface area contributed by atoms with Crippen LogP contribution in [0.1, 0.15) is 0 Å². The van der Waals surface area contributed by atoms with E-state index in [9.17, 15) is 0 Å². The van der Waals surface area contributed by atoms with Crippen LogP contribution >= 0.6 is 0 Å². The van der Waals surface area contributed by atoms with E-state index in [0.717, 1.165) is 0 Å². The summed E-state index contributed by atoms with van der Waals surface area (Å²) in [6.07, 6.45) is 4.04. The molecule has 0 bridgehead atoms. The Bertz CT molecular complexity index is 319. The van der Waals surface area contributed by atoms with Gasteiger partial charge in [-0.3, -0.25) is 0 Å². The third kappa shape index (κ3) is 0.604. The lowest BCUT2D eigenvalue weighted by molar-refractivity contribution is 1.19. The van der Waals surface area contributed by atoms with Crippen molar-refractivity contribution in [2.24, 2.45) is 0 Å².